The van der Waals surface area contributed by atoms with Crippen molar-refractivity contribution in [1.29, 1.82) is 0 Å². The van der Waals surface area contributed by atoms with E-state index in [-0.39, 0.29) is 6.10 Å². The fourth-order valence-corrected chi connectivity index (χ4v) is 2.27. The first-order chi connectivity index (χ1) is 10.4. The summed E-state index contributed by atoms with van der Waals surface area (Å²) in [6, 6.07) is 17.5. The highest BCUT2D eigenvalue weighted by Gasteiger charge is 2.24. The van der Waals surface area contributed by atoms with Crippen LogP contribution in [0.1, 0.15) is 12.0 Å². The van der Waals surface area contributed by atoms with Gasteiger partial charge < -0.3 is 14.3 Å². The molecule has 0 saturated carbocycles. The number of hydrogen-bond donors (Lipinski definition) is 0. The second kappa shape index (κ2) is 6.31. The van der Waals surface area contributed by atoms with Gasteiger partial charge in [-0.05, 0) is 24.3 Å². The SMILES string of the molecule is COc1ccccc1C1=NO[C@H](COc2ccccc2)C1. The van der Waals surface area contributed by atoms with Crippen LogP contribution in [0, 0.1) is 0 Å². The van der Waals surface area contributed by atoms with Gasteiger partial charge in [-0.15, -0.1) is 0 Å². The third-order valence-corrected chi connectivity index (χ3v) is 3.33. The first-order valence-electron chi connectivity index (χ1n) is 6.91. The quantitative estimate of drug-likeness (QED) is 0.845. The Kier molecular flexibility index (Phi) is 4.05. The van der Waals surface area contributed by atoms with Gasteiger partial charge in [0, 0.05) is 12.0 Å². The van der Waals surface area contributed by atoms with E-state index in [9.17, 15) is 0 Å². The molecule has 21 heavy (non-hydrogen) atoms. The van der Waals surface area contributed by atoms with Crippen LogP contribution in [0.3, 0.4) is 0 Å². The highest BCUT2D eigenvalue weighted by Crippen LogP contribution is 2.24. The molecule has 0 radical (unpaired) electrons. The highest BCUT2D eigenvalue weighted by atomic mass is 16.7. The molecule has 0 aliphatic carbocycles. The Morgan fingerprint density at radius 2 is 1.86 bits per heavy atom. The third kappa shape index (κ3) is 3.16. The van der Waals surface area contributed by atoms with Gasteiger partial charge in [0.15, 0.2) is 6.10 Å². The summed E-state index contributed by atoms with van der Waals surface area (Å²) in [5.74, 6) is 1.65. The maximum absolute atomic E-state index is 5.70. The predicted octanol–water partition coefficient (Wildman–Crippen LogP) is 3.27. The molecule has 0 bridgehead atoms. The minimum Gasteiger partial charge on any atom is -0.496 e. The summed E-state index contributed by atoms with van der Waals surface area (Å²) in [5, 5.41) is 4.16. The number of ether oxygens (including phenoxy) is 2. The molecule has 0 unspecified atom stereocenters. The summed E-state index contributed by atoms with van der Waals surface area (Å²) >= 11 is 0. The van der Waals surface area contributed by atoms with E-state index in [0.29, 0.717) is 13.0 Å². The second-order valence-corrected chi connectivity index (χ2v) is 4.79. The van der Waals surface area contributed by atoms with Gasteiger partial charge >= 0.3 is 0 Å². The summed E-state index contributed by atoms with van der Waals surface area (Å²) in [5.41, 5.74) is 1.87. The molecule has 0 spiro atoms. The van der Waals surface area contributed by atoms with Crippen molar-refractivity contribution in [3.8, 4) is 11.5 Å². The first kappa shape index (κ1) is 13.5. The molecule has 0 aromatic heterocycles. The van der Waals surface area contributed by atoms with Gasteiger partial charge in [0.2, 0.25) is 0 Å². The first-order valence-corrected chi connectivity index (χ1v) is 6.91. The van der Waals surface area contributed by atoms with Crippen molar-refractivity contribution in [3.05, 3.63) is 60.2 Å². The lowest BCUT2D eigenvalue weighted by Crippen LogP contribution is -2.18. The van der Waals surface area contributed by atoms with E-state index in [1.807, 2.05) is 54.6 Å². The number of oxime groups is 1. The topological polar surface area (TPSA) is 40.0 Å². The molecule has 1 aliphatic rings. The van der Waals surface area contributed by atoms with E-state index in [0.717, 1.165) is 22.8 Å². The zero-order valence-electron chi connectivity index (χ0n) is 11.9. The van der Waals surface area contributed by atoms with Crippen LogP contribution in [0.4, 0.5) is 0 Å². The Morgan fingerprint density at radius 3 is 2.67 bits per heavy atom. The number of methoxy groups -OCH3 is 1. The largest absolute Gasteiger partial charge is 0.496 e. The van der Waals surface area contributed by atoms with Crippen LogP contribution in [0.15, 0.2) is 59.8 Å². The minimum atomic E-state index is -0.0647. The van der Waals surface area contributed by atoms with E-state index in [1.54, 1.807) is 7.11 Å². The van der Waals surface area contributed by atoms with Crippen LogP contribution in [-0.2, 0) is 4.84 Å². The molecule has 3 rings (SSSR count). The van der Waals surface area contributed by atoms with Crippen molar-refractivity contribution < 1.29 is 14.3 Å². The fourth-order valence-electron chi connectivity index (χ4n) is 2.27. The zero-order chi connectivity index (χ0) is 14.5. The molecule has 2 aromatic carbocycles. The molecule has 1 heterocycles. The number of rotatable bonds is 5. The Morgan fingerprint density at radius 1 is 1.10 bits per heavy atom. The molecular formula is C17H17NO3. The summed E-state index contributed by atoms with van der Waals surface area (Å²) < 4.78 is 11.1. The molecule has 4 heteroatoms. The standard InChI is InChI=1S/C17H17NO3/c1-19-17-10-6-5-9-15(17)16-11-14(21-18-16)12-20-13-7-3-2-4-8-13/h2-10,14H,11-12H2,1H3/t14-/m0/s1. The highest BCUT2D eigenvalue weighted by molar-refractivity contribution is 6.03. The maximum atomic E-state index is 5.70. The van der Waals surface area contributed by atoms with E-state index in [1.165, 1.54) is 0 Å². The number of nitrogens with zero attached hydrogens (tertiary/aromatic N) is 1. The zero-order valence-corrected chi connectivity index (χ0v) is 11.9. The lowest BCUT2D eigenvalue weighted by molar-refractivity contribution is 0.0471. The van der Waals surface area contributed by atoms with Crippen molar-refractivity contribution in [2.24, 2.45) is 5.16 Å². The lowest BCUT2D eigenvalue weighted by atomic mass is 10.0. The van der Waals surface area contributed by atoms with Gasteiger partial charge in [-0.2, -0.15) is 0 Å². The molecule has 0 N–H and O–H groups in total. The number of para-hydroxylation sites is 2. The van der Waals surface area contributed by atoms with Crippen LogP contribution in [0.5, 0.6) is 11.5 Å². The van der Waals surface area contributed by atoms with Crippen molar-refractivity contribution in [3.63, 3.8) is 0 Å². The van der Waals surface area contributed by atoms with Crippen molar-refractivity contribution >= 4 is 5.71 Å². The molecular weight excluding hydrogens is 266 g/mol. The van der Waals surface area contributed by atoms with Gasteiger partial charge in [0.25, 0.3) is 0 Å². The van der Waals surface area contributed by atoms with Gasteiger partial charge in [-0.25, -0.2) is 0 Å². The monoisotopic (exact) mass is 283 g/mol. The van der Waals surface area contributed by atoms with Crippen molar-refractivity contribution in [2.45, 2.75) is 12.5 Å². The van der Waals surface area contributed by atoms with E-state index < -0.39 is 0 Å². The van der Waals surface area contributed by atoms with Gasteiger partial charge in [0.05, 0.1) is 12.8 Å². The second-order valence-electron chi connectivity index (χ2n) is 4.79. The molecule has 108 valence electrons. The predicted molar refractivity (Wildman–Crippen MR) is 81.0 cm³/mol. The Labute approximate surface area is 123 Å². The molecule has 0 saturated heterocycles. The van der Waals surface area contributed by atoms with Gasteiger partial charge in [-0.3, -0.25) is 0 Å². The lowest BCUT2D eigenvalue weighted by Gasteiger charge is -2.10. The normalized spacial score (nSPS) is 17.0. The third-order valence-electron chi connectivity index (χ3n) is 3.33. The fraction of sp³-hybridized carbons (Fsp3) is 0.235. The molecule has 4 nitrogen and oxygen atoms in total. The Balaban J connectivity index is 1.60. The van der Waals surface area contributed by atoms with E-state index >= 15 is 0 Å². The van der Waals surface area contributed by atoms with E-state index in [2.05, 4.69) is 5.16 Å². The van der Waals surface area contributed by atoms with Crippen LogP contribution >= 0.6 is 0 Å². The minimum absolute atomic E-state index is 0.0647. The summed E-state index contributed by atoms with van der Waals surface area (Å²) in [6.45, 7) is 0.478. The number of hydrogen-bond acceptors (Lipinski definition) is 4. The van der Waals surface area contributed by atoms with Crippen molar-refractivity contribution in [2.75, 3.05) is 13.7 Å². The summed E-state index contributed by atoms with van der Waals surface area (Å²) in [7, 11) is 1.66. The summed E-state index contributed by atoms with van der Waals surface area (Å²) in [6.07, 6.45) is 0.651. The van der Waals surface area contributed by atoms with Crippen LogP contribution in [-0.4, -0.2) is 25.5 Å². The number of benzene rings is 2. The molecule has 0 amide bonds. The van der Waals surface area contributed by atoms with Crippen LogP contribution in [0.2, 0.25) is 0 Å². The van der Waals surface area contributed by atoms with Crippen molar-refractivity contribution in [1.82, 2.24) is 0 Å². The summed E-state index contributed by atoms with van der Waals surface area (Å²) in [4.78, 5) is 5.45. The molecule has 0 fully saturated rings. The van der Waals surface area contributed by atoms with E-state index in [4.69, 9.17) is 14.3 Å². The molecule has 1 atom stereocenters. The Hall–Kier alpha value is -2.49. The van der Waals surface area contributed by atoms with Gasteiger partial charge in [0.1, 0.15) is 18.1 Å². The Bertz CT molecular complexity index is 625. The molecule has 1 aliphatic heterocycles. The van der Waals surface area contributed by atoms with Crippen LogP contribution in [0.25, 0.3) is 0 Å². The van der Waals surface area contributed by atoms with Crippen LogP contribution < -0.4 is 9.47 Å². The molecule has 2 aromatic rings. The smallest absolute Gasteiger partial charge is 0.167 e. The average Bonchev–Trinajstić information content (AvgIpc) is 3.02. The maximum Gasteiger partial charge on any atom is 0.167 e. The van der Waals surface area contributed by atoms with Gasteiger partial charge in [-0.1, -0.05) is 35.5 Å². The average molecular weight is 283 g/mol.